The molecule has 1 aliphatic rings. The third-order valence-corrected chi connectivity index (χ3v) is 4.41. The Hall–Kier alpha value is -3.30. The smallest absolute Gasteiger partial charge is 0.442 e. The number of halogens is 1. The molecule has 0 saturated heterocycles. The second-order valence-electron chi connectivity index (χ2n) is 6.28. The van der Waals surface area contributed by atoms with Crippen LogP contribution < -0.4 is 10.5 Å². The van der Waals surface area contributed by atoms with Crippen molar-refractivity contribution in [1.82, 2.24) is 20.0 Å². The second kappa shape index (κ2) is 6.78. The third-order valence-electron chi connectivity index (χ3n) is 4.41. The van der Waals surface area contributed by atoms with Crippen LogP contribution in [0.15, 0.2) is 32.1 Å². The number of hydrogen-bond donors (Lipinski definition) is 0. The molecule has 0 radical (unpaired) electrons. The monoisotopic (exact) mass is 374 g/mol. The van der Waals surface area contributed by atoms with Crippen molar-refractivity contribution in [2.75, 3.05) is 6.61 Å². The molecule has 2 heterocycles. The highest BCUT2D eigenvalue weighted by Crippen LogP contribution is 2.38. The minimum atomic E-state index is -0.699. The number of Topliss-reactive ketones (excluding diaryl/α,β-unsaturated/α-hetero) is 1. The quantitative estimate of drug-likeness (QED) is 0.576. The molecule has 0 aliphatic heterocycles. The normalized spacial score (nSPS) is 15.3. The van der Waals surface area contributed by atoms with E-state index < -0.39 is 11.8 Å². The maximum absolute atomic E-state index is 13.6. The van der Waals surface area contributed by atoms with Crippen molar-refractivity contribution in [3.05, 3.63) is 45.7 Å². The summed E-state index contributed by atoms with van der Waals surface area (Å²) in [4.78, 5) is 23.2. The summed E-state index contributed by atoms with van der Waals surface area (Å²) in [5.41, 5.74) is 1.73. The lowest BCUT2D eigenvalue weighted by atomic mass is 9.83. The summed E-state index contributed by atoms with van der Waals surface area (Å²) in [6, 6.07) is 4.01. The van der Waals surface area contributed by atoms with E-state index in [1.54, 1.807) is 6.07 Å². The summed E-state index contributed by atoms with van der Waals surface area (Å²) < 4.78 is 29.8. The van der Waals surface area contributed by atoms with Gasteiger partial charge in [-0.05, 0) is 53.3 Å². The van der Waals surface area contributed by atoms with Gasteiger partial charge in [0.2, 0.25) is 11.5 Å². The van der Waals surface area contributed by atoms with Crippen LogP contribution in [0.4, 0.5) is 4.39 Å². The third kappa shape index (κ3) is 3.14. The molecule has 2 aromatic heterocycles. The lowest BCUT2D eigenvalue weighted by Crippen LogP contribution is -2.31. The highest BCUT2D eigenvalue weighted by Gasteiger charge is 2.34. The van der Waals surface area contributed by atoms with Gasteiger partial charge in [0.05, 0.1) is 12.6 Å². The van der Waals surface area contributed by atoms with Gasteiger partial charge in [-0.2, -0.15) is 0 Å². The van der Waals surface area contributed by atoms with E-state index in [1.807, 2.05) is 0 Å². The molecule has 1 aliphatic carbocycles. The maximum Gasteiger partial charge on any atom is 0.442 e. The second-order valence-corrected chi connectivity index (χ2v) is 6.28. The molecule has 0 amide bonds. The summed E-state index contributed by atoms with van der Waals surface area (Å²) >= 11 is 0. The SMILES string of the molecule is CC(=O)CCCOc1nonc1-c1noc(=O)n1C1Cc2ccc(F)cc21. The predicted octanol–water partition coefficient (Wildman–Crippen LogP) is 1.92. The van der Waals surface area contributed by atoms with Gasteiger partial charge in [0.25, 0.3) is 5.88 Å². The Bertz CT molecular complexity index is 1050. The summed E-state index contributed by atoms with van der Waals surface area (Å²) in [5.74, 6) is -0.905. The van der Waals surface area contributed by atoms with Crippen molar-refractivity contribution in [2.45, 2.75) is 32.2 Å². The van der Waals surface area contributed by atoms with Gasteiger partial charge in [-0.1, -0.05) is 11.2 Å². The van der Waals surface area contributed by atoms with Crippen molar-refractivity contribution in [1.29, 1.82) is 0 Å². The number of aromatic nitrogens is 4. The average molecular weight is 374 g/mol. The van der Waals surface area contributed by atoms with Crippen molar-refractivity contribution in [2.24, 2.45) is 0 Å². The first kappa shape index (κ1) is 17.1. The Labute approximate surface area is 151 Å². The number of ether oxygens (including phenoxy) is 1. The number of carbonyl (C=O) groups is 1. The molecule has 0 N–H and O–H groups in total. The Kier molecular flexibility index (Phi) is 4.30. The van der Waals surface area contributed by atoms with Crippen LogP contribution in [0.2, 0.25) is 0 Å². The van der Waals surface area contributed by atoms with E-state index >= 15 is 0 Å². The lowest BCUT2D eigenvalue weighted by molar-refractivity contribution is -0.117. The molecule has 10 heteroatoms. The fraction of sp³-hybridized carbons (Fsp3) is 0.353. The molecule has 1 atom stereocenters. The number of rotatable bonds is 7. The number of hydrogen-bond acceptors (Lipinski definition) is 8. The van der Waals surface area contributed by atoms with Crippen LogP contribution in [0.25, 0.3) is 11.5 Å². The van der Waals surface area contributed by atoms with E-state index in [2.05, 4.69) is 15.5 Å². The number of benzene rings is 1. The number of fused-ring (bicyclic) bond motifs is 1. The van der Waals surface area contributed by atoms with Crippen LogP contribution in [0.1, 0.15) is 36.9 Å². The van der Waals surface area contributed by atoms with Crippen molar-refractivity contribution < 1.29 is 23.1 Å². The maximum atomic E-state index is 13.6. The average Bonchev–Trinajstić information content (AvgIpc) is 3.21. The highest BCUT2D eigenvalue weighted by molar-refractivity contribution is 5.75. The van der Waals surface area contributed by atoms with Gasteiger partial charge in [-0.15, -0.1) is 0 Å². The van der Waals surface area contributed by atoms with Crippen LogP contribution in [0, 0.1) is 5.82 Å². The number of nitrogens with zero attached hydrogens (tertiary/aromatic N) is 4. The molecule has 1 aromatic carbocycles. The minimum Gasteiger partial charge on any atom is -0.474 e. The fourth-order valence-corrected chi connectivity index (χ4v) is 3.07. The first-order valence-corrected chi connectivity index (χ1v) is 8.36. The number of carbonyl (C=O) groups excluding carboxylic acids is 1. The molecule has 0 saturated carbocycles. The van der Waals surface area contributed by atoms with Gasteiger partial charge in [0, 0.05) is 6.42 Å². The molecule has 1 unspecified atom stereocenters. The molecule has 0 bridgehead atoms. The molecule has 0 spiro atoms. The zero-order chi connectivity index (χ0) is 19.0. The van der Waals surface area contributed by atoms with Crippen molar-refractivity contribution >= 4 is 5.78 Å². The summed E-state index contributed by atoms with van der Waals surface area (Å²) in [6.07, 6.45) is 1.41. The van der Waals surface area contributed by atoms with Gasteiger partial charge in [0.15, 0.2) is 0 Å². The molecular formula is C17H15FN4O5. The number of ketones is 1. The van der Waals surface area contributed by atoms with E-state index in [1.165, 1.54) is 23.6 Å². The van der Waals surface area contributed by atoms with Gasteiger partial charge < -0.3 is 9.53 Å². The zero-order valence-corrected chi connectivity index (χ0v) is 14.3. The van der Waals surface area contributed by atoms with Crippen LogP contribution >= 0.6 is 0 Å². The van der Waals surface area contributed by atoms with Gasteiger partial charge >= 0.3 is 5.76 Å². The van der Waals surface area contributed by atoms with E-state index in [0.717, 1.165) is 5.56 Å². The molecule has 4 rings (SSSR count). The van der Waals surface area contributed by atoms with E-state index in [4.69, 9.17) is 13.9 Å². The van der Waals surface area contributed by atoms with Crippen LogP contribution in [-0.4, -0.2) is 32.4 Å². The zero-order valence-electron chi connectivity index (χ0n) is 14.3. The molecule has 27 heavy (non-hydrogen) atoms. The topological polar surface area (TPSA) is 113 Å². The van der Waals surface area contributed by atoms with Crippen LogP contribution in [0.5, 0.6) is 5.88 Å². The summed E-state index contributed by atoms with van der Waals surface area (Å²) in [6.45, 7) is 1.72. The van der Waals surface area contributed by atoms with E-state index in [0.29, 0.717) is 24.8 Å². The molecule has 9 nitrogen and oxygen atoms in total. The van der Waals surface area contributed by atoms with Crippen molar-refractivity contribution in [3.63, 3.8) is 0 Å². The Morgan fingerprint density at radius 2 is 2.22 bits per heavy atom. The van der Waals surface area contributed by atoms with Gasteiger partial charge in [-0.3, -0.25) is 4.52 Å². The Morgan fingerprint density at radius 1 is 1.37 bits per heavy atom. The summed E-state index contributed by atoms with van der Waals surface area (Å²) in [7, 11) is 0. The lowest BCUT2D eigenvalue weighted by Gasteiger charge is -2.30. The van der Waals surface area contributed by atoms with Crippen LogP contribution in [0.3, 0.4) is 0 Å². The first-order chi connectivity index (χ1) is 13.0. The molecule has 140 valence electrons. The Morgan fingerprint density at radius 3 is 3.04 bits per heavy atom. The predicted molar refractivity (Wildman–Crippen MR) is 87.7 cm³/mol. The standard InChI is InChI=1S/C17H15FN4O5/c1-9(23)3-2-6-25-16-14(19-27-21-16)15-20-26-17(24)22(15)13-7-10-4-5-11(18)8-12(10)13/h4-5,8,13H,2-3,6-7H2,1H3. The van der Waals surface area contributed by atoms with E-state index in [9.17, 15) is 14.0 Å². The first-order valence-electron chi connectivity index (χ1n) is 8.36. The van der Waals surface area contributed by atoms with E-state index in [-0.39, 0.29) is 35.6 Å². The largest absolute Gasteiger partial charge is 0.474 e. The van der Waals surface area contributed by atoms with Gasteiger partial charge in [0.1, 0.15) is 11.6 Å². The molecule has 3 aromatic rings. The minimum absolute atomic E-state index is 0.0411. The van der Waals surface area contributed by atoms with Gasteiger partial charge in [-0.25, -0.2) is 18.4 Å². The summed E-state index contributed by atoms with van der Waals surface area (Å²) in [5, 5.41) is 11.2. The highest BCUT2D eigenvalue weighted by atomic mass is 19.1. The molecule has 0 fully saturated rings. The Balaban J connectivity index is 1.61. The van der Waals surface area contributed by atoms with Crippen LogP contribution in [-0.2, 0) is 11.2 Å². The fourth-order valence-electron chi connectivity index (χ4n) is 3.07. The van der Waals surface area contributed by atoms with Crippen molar-refractivity contribution in [3.8, 4) is 17.4 Å². The molecular weight excluding hydrogens is 359 g/mol.